The molecule has 0 radical (unpaired) electrons. The van der Waals surface area contributed by atoms with Gasteiger partial charge in [0, 0.05) is 28.9 Å². The standard InChI is InChI=1S/C27H29N3O5S/c1-3-17(2)25(30-36(34,35)24-14-8-10-18-9-4-5-12-21(18)24)26(31)29-23(27(32)33)15-19-16-28-22-13-7-6-11-20(19)22/h4-14,16-17,23,25,28,30H,3,15H2,1-2H3,(H,29,31)(H,32,33)/t17-,23-,25-/m0/s1. The predicted molar refractivity (Wildman–Crippen MR) is 139 cm³/mol. The van der Waals surface area contributed by atoms with E-state index in [1.807, 2.05) is 49.4 Å². The molecule has 0 bridgehead atoms. The number of aromatic nitrogens is 1. The molecule has 0 saturated heterocycles. The fourth-order valence-electron chi connectivity index (χ4n) is 4.31. The Morgan fingerprint density at radius 1 is 0.972 bits per heavy atom. The molecule has 4 N–H and O–H groups in total. The van der Waals surface area contributed by atoms with E-state index in [1.165, 1.54) is 6.07 Å². The van der Waals surface area contributed by atoms with Gasteiger partial charge in [-0.1, -0.05) is 74.9 Å². The lowest BCUT2D eigenvalue weighted by Gasteiger charge is -2.25. The van der Waals surface area contributed by atoms with Gasteiger partial charge in [0.15, 0.2) is 0 Å². The molecule has 0 saturated carbocycles. The van der Waals surface area contributed by atoms with Crippen LogP contribution in [0, 0.1) is 5.92 Å². The third-order valence-electron chi connectivity index (χ3n) is 6.53. The van der Waals surface area contributed by atoms with Crippen molar-refractivity contribution >= 4 is 43.6 Å². The van der Waals surface area contributed by atoms with Gasteiger partial charge in [0.2, 0.25) is 15.9 Å². The molecule has 0 unspecified atom stereocenters. The smallest absolute Gasteiger partial charge is 0.326 e. The zero-order valence-electron chi connectivity index (χ0n) is 20.1. The SMILES string of the molecule is CC[C@H](C)[C@H](NS(=O)(=O)c1cccc2ccccc12)C(=O)N[C@@H](Cc1c[nH]c2ccccc12)C(=O)O. The summed E-state index contributed by atoms with van der Waals surface area (Å²) in [6.07, 6.45) is 2.28. The predicted octanol–water partition coefficient (Wildman–Crippen LogP) is 3.83. The van der Waals surface area contributed by atoms with E-state index in [9.17, 15) is 23.1 Å². The Morgan fingerprint density at radius 3 is 2.36 bits per heavy atom. The molecule has 188 valence electrons. The zero-order chi connectivity index (χ0) is 25.9. The summed E-state index contributed by atoms with van der Waals surface area (Å²) in [5.41, 5.74) is 1.61. The van der Waals surface area contributed by atoms with Crippen LogP contribution in [0.3, 0.4) is 0 Å². The molecular weight excluding hydrogens is 478 g/mol. The van der Waals surface area contributed by atoms with Gasteiger partial charge in [-0.15, -0.1) is 0 Å². The number of aliphatic carboxylic acids is 1. The molecule has 1 heterocycles. The Labute approximate surface area is 209 Å². The summed E-state index contributed by atoms with van der Waals surface area (Å²) in [7, 11) is -4.08. The molecule has 0 fully saturated rings. The van der Waals surface area contributed by atoms with Crippen molar-refractivity contribution in [2.75, 3.05) is 0 Å². The first-order chi connectivity index (χ1) is 17.2. The molecule has 36 heavy (non-hydrogen) atoms. The summed E-state index contributed by atoms with van der Waals surface area (Å²) >= 11 is 0. The van der Waals surface area contributed by atoms with Crippen molar-refractivity contribution in [3.05, 3.63) is 78.5 Å². The number of H-pyrrole nitrogens is 1. The fourth-order valence-corrected chi connectivity index (χ4v) is 5.84. The number of sulfonamides is 1. The first-order valence-electron chi connectivity index (χ1n) is 11.8. The summed E-state index contributed by atoms with van der Waals surface area (Å²) in [4.78, 5) is 28.5. The summed E-state index contributed by atoms with van der Waals surface area (Å²) in [5.74, 6) is -2.26. The maximum atomic E-state index is 13.4. The van der Waals surface area contributed by atoms with E-state index in [0.29, 0.717) is 11.8 Å². The minimum absolute atomic E-state index is 0.0500. The molecule has 4 rings (SSSR count). The van der Waals surface area contributed by atoms with Crippen molar-refractivity contribution in [3.63, 3.8) is 0 Å². The van der Waals surface area contributed by atoms with E-state index in [-0.39, 0.29) is 17.2 Å². The number of carboxylic acids is 1. The Hall–Kier alpha value is -3.69. The third-order valence-corrected chi connectivity index (χ3v) is 8.03. The number of hydrogen-bond donors (Lipinski definition) is 4. The van der Waals surface area contributed by atoms with Crippen molar-refractivity contribution in [1.82, 2.24) is 15.0 Å². The zero-order valence-corrected chi connectivity index (χ0v) is 20.9. The quantitative estimate of drug-likeness (QED) is 0.259. The van der Waals surface area contributed by atoms with E-state index in [4.69, 9.17) is 0 Å². The number of para-hydroxylation sites is 1. The molecule has 1 amide bonds. The lowest BCUT2D eigenvalue weighted by molar-refractivity contribution is -0.142. The highest BCUT2D eigenvalue weighted by Crippen LogP contribution is 2.24. The van der Waals surface area contributed by atoms with E-state index in [2.05, 4.69) is 15.0 Å². The average Bonchev–Trinajstić information content (AvgIpc) is 3.28. The number of rotatable bonds is 10. The summed E-state index contributed by atoms with van der Waals surface area (Å²) in [6.45, 7) is 3.60. The first kappa shape index (κ1) is 25.4. The Morgan fingerprint density at radius 2 is 1.64 bits per heavy atom. The van der Waals surface area contributed by atoms with Gasteiger partial charge in [-0.3, -0.25) is 4.79 Å². The maximum Gasteiger partial charge on any atom is 0.326 e. The van der Waals surface area contributed by atoms with Crippen LogP contribution in [0.15, 0.2) is 77.8 Å². The van der Waals surface area contributed by atoms with Gasteiger partial charge in [0.25, 0.3) is 0 Å². The molecule has 3 aromatic carbocycles. The van der Waals surface area contributed by atoms with Crippen LogP contribution in [0.5, 0.6) is 0 Å². The molecule has 0 aliphatic rings. The highest BCUT2D eigenvalue weighted by atomic mass is 32.2. The molecular formula is C27H29N3O5S. The summed E-state index contributed by atoms with van der Waals surface area (Å²) < 4.78 is 29.3. The lowest BCUT2D eigenvalue weighted by atomic mass is 9.98. The van der Waals surface area contributed by atoms with E-state index in [0.717, 1.165) is 21.9 Å². The van der Waals surface area contributed by atoms with Crippen LogP contribution in [0.1, 0.15) is 25.8 Å². The van der Waals surface area contributed by atoms with Crippen LogP contribution in [0.2, 0.25) is 0 Å². The van der Waals surface area contributed by atoms with Crippen LogP contribution in [-0.4, -0.2) is 42.5 Å². The highest BCUT2D eigenvalue weighted by Gasteiger charge is 2.33. The Balaban J connectivity index is 1.59. The van der Waals surface area contributed by atoms with Crippen molar-refractivity contribution in [3.8, 4) is 0 Å². The van der Waals surface area contributed by atoms with Gasteiger partial charge in [-0.25, -0.2) is 13.2 Å². The minimum Gasteiger partial charge on any atom is -0.480 e. The lowest BCUT2D eigenvalue weighted by Crippen LogP contribution is -2.54. The van der Waals surface area contributed by atoms with Crippen LogP contribution in [-0.2, 0) is 26.0 Å². The number of benzene rings is 3. The van der Waals surface area contributed by atoms with Crippen LogP contribution in [0.4, 0.5) is 0 Å². The van der Waals surface area contributed by atoms with Gasteiger partial charge in [-0.05, 0) is 29.0 Å². The molecule has 9 heteroatoms. The number of nitrogens with one attached hydrogen (secondary N) is 3. The second-order valence-corrected chi connectivity index (χ2v) is 10.6. The maximum absolute atomic E-state index is 13.4. The van der Waals surface area contributed by atoms with Crippen LogP contribution < -0.4 is 10.0 Å². The number of hydrogen-bond acceptors (Lipinski definition) is 4. The number of carbonyl (C=O) groups is 2. The molecule has 1 aromatic heterocycles. The van der Waals surface area contributed by atoms with E-state index in [1.54, 1.807) is 31.3 Å². The highest BCUT2D eigenvalue weighted by molar-refractivity contribution is 7.89. The monoisotopic (exact) mass is 507 g/mol. The van der Waals surface area contributed by atoms with Gasteiger partial charge in [-0.2, -0.15) is 4.72 Å². The number of aromatic amines is 1. The average molecular weight is 508 g/mol. The summed E-state index contributed by atoms with van der Waals surface area (Å²) in [6, 6.07) is 17.2. The molecule has 3 atom stereocenters. The Kier molecular flexibility index (Phi) is 7.42. The molecule has 8 nitrogen and oxygen atoms in total. The van der Waals surface area contributed by atoms with Gasteiger partial charge in [0.05, 0.1) is 4.90 Å². The second-order valence-electron chi connectivity index (χ2n) is 8.92. The molecule has 0 aliphatic heterocycles. The van der Waals surface area contributed by atoms with Gasteiger partial charge < -0.3 is 15.4 Å². The Bertz CT molecular complexity index is 1510. The molecule has 0 aliphatic carbocycles. The van der Waals surface area contributed by atoms with Crippen LogP contribution >= 0.6 is 0 Å². The largest absolute Gasteiger partial charge is 0.480 e. The van der Waals surface area contributed by atoms with Crippen molar-refractivity contribution < 1.29 is 23.1 Å². The second kappa shape index (κ2) is 10.5. The third kappa shape index (κ3) is 5.27. The van der Waals surface area contributed by atoms with E-state index < -0.39 is 34.0 Å². The fraction of sp³-hybridized carbons (Fsp3) is 0.259. The van der Waals surface area contributed by atoms with Crippen molar-refractivity contribution in [2.45, 2.75) is 43.7 Å². The van der Waals surface area contributed by atoms with Gasteiger partial charge in [0.1, 0.15) is 12.1 Å². The topological polar surface area (TPSA) is 128 Å². The van der Waals surface area contributed by atoms with Gasteiger partial charge >= 0.3 is 5.97 Å². The van der Waals surface area contributed by atoms with E-state index >= 15 is 0 Å². The van der Waals surface area contributed by atoms with Crippen LogP contribution in [0.25, 0.3) is 21.7 Å². The summed E-state index contributed by atoms with van der Waals surface area (Å²) in [5, 5.41) is 14.6. The molecule has 0 spiro atoms. The van der Waals surface area contributed by atoms with Crippen molar-refractivity contribution in [2.24, 2.45) is 5.92 Å². The molecule has 4 aromatic rings. The minimum atomic E-state index is -4.08. The number of amides is 1. The first-order valence-corrected chi connectivity index (χ1v) is 13.3. The number of carboxylic acid groups (broad SMARTS) is 1. The number of carbonyl (C=O) groups excluding carboxylic acids is 1. The number of fused-ring (bicyclic) bond motifs is 2. The van der Waals surface area contributed by atoms with Crippen molar-refractivity contribution in [1.29, 1.82) is 0 Å². The normalized spacial score (nSPS) is 14.4.